The lowest BCUT2D eigenvalue weighted by Gasteiger charge is -2.12. The molecule has 4 aromatic rings. The van der Waals surface area contributed by atoms with E-state index < -0.39 is 17.5 Å². The monoisotopic (exact) mass is 563 g/mol. The number of amides is 3. The van der Waals surface area contributed by atoms with Gasteiger partial charge in [0, 0.05) is 33.5 Å². The average Bonchev–Trinajstić information content (AvgIpc) is 3.32. The number of nitrogens with one attached hydrogen (secondary N) is 3. The van der Waals surface area contributed by atoms with Gasteiger partial charge in [0.25, 0.3) is 11.5 Å². The molecule has 2 heterocycles. The lowest BCUT2D eigenvalue weighted by molar-refractivity contribution is 0.102. The SMILES string of the molecule is CC(C)(C)c1cc(NC(=O)Nc2ccc(NC(=O)c3cc(Br)cn(Cc4ccccc4)c3=O)cc2)no1. The lowest BCUT2D eigenvalue weighted by atomic mass is 9.93. The summed E-state index contributed by atoms with van der Waals surface area (Å²) in [5.74, 6) is 0.422. The molecule has 0 saturated carbocycles. The van der Waals surface area contributed by atoms with E-state index in [-0.39, 0.29) is 11.0 Å². The van der Waals surface area contributed by atoms with Gasteiger partial charge < -0.3 is 19.7 Å². The molecule has 4 rings (SSSR count). The van der Waals surface area contributed by atoms with Crippen molar-refractivity contribution in [2.45, 2.75) is 32.7 Å². The lowest BCUT2D eigenvalue weighted by Crippen LogP contribution is -2.29. The van der Waals surface area contributed by atoms with E-state index in [0.717, 1.165) is 5.56 Å². The molecular weight excluding hydrogens is 538 g/mol. The first-order valence-corrected chi connectivity index (χ1v) is 12.3. The number of carbonyl (C=O) groups excluding carboxylic acids is 2. The number of nitrogens with zero attached hydrogens (tertiary/aromatic N) is 2. The Hall–Kier alpha value is -4.18. The first-order chi connectivity index (χ1) is 17.6. The van der Waals surface area contributed by atoms with Crippen molar-refractivity contribution >= 4 is 45.1 Å². The van der Waals surface area contributed by atoms with Crippen LogP contribution >= 0.6 is 15.9 Å². The molecule has 3 amide bonds. The number of hydrogen-bond acceptors (Lipinski definition) is 5. The molecule has 10 heteroatoms. The fraction of sp³-hybridized carbons (Fsp3) is 0.185. The summed E-state index contributed by atoms with van der Waals surface area (Å²) in [4.78, 5) is 38.1. The molecule has 9 nitrogen and oxygen atoms in total. The number of aromatic nitrogens is 2. The number of benzene rings is 2. The van der Waals surface area contributed by atoms with E-state index >= 15 is 0 Å². The summed E-state index contributed by atoms with van der Waals surface area (Å²) < 4.78 is 7.36. The molecule has 0 radical (unpaired) electrons. The van der Waals surface area contributed by atoms with Gasteiger partial charge in [0.2, 0.25) is 0 Å². The van der Waals surface area contributed by atoms with Crippen LogP contribution in [0.3, 0.4) is 0 Å². The molecule has 0 bridgehead atoms. The second kappa shape index (κ2) is 10.8. The summed E-state index contributed by atoms with van der Waals surface area (Å²) in [7, 11) is 0. The molecule has 0 unspecified atom stereocenters. The van der Waals surface area contributed by atoms with Crippen LogP contribution in [0.15, 0.2) is 86.7 Å². The fourth-order valence-corrected chi connectivity index (χ4v) is 3.94. The standard InChI is InChI=1S/C27H26BrN5O4/c1-27(2,3)22-14-23(32-37-22)31-26(36)30-20-11-9-19(10-12-20)29-24(34)21-13-18(28)16-33(25(21)35)15-17-7-5-4-6-8-17/h4-14,16H,15H2,1-3H3,(H,29,34)(H2,30,31,32,36). The Morgan fingerprint density at radius 1 is 0.946 bits per heavy atom. The van der Waals surface area contributed by atoms with Crippen LogP contribution < -0.4 is 21.5 Å². The molecule has 2 aromatic heterocycles. The molecule has 0 aliphatic heterocycles. The Morgan fingerprint density at radius 3 is 2.22 bits per heavy atom. The Bertz CT molecular complexity index is 1470. The maximum atomic E-state index is 13.0. The summed E-state index contributed by atoms with van der Waals surface area (Å²) in [5, 5.41) is 11.9. The van der Waals surface area contributed by atoms with Crippen LogP contribution in [0.4, 0.5) is 22.0 Å². The summed E-state index contributed by atoms with van der Waals surface area (Å²) in [6.07, 6.45) is 1.65. The highest BCUT2D eigenvalue weighted by Crippen LogP contribution is 2.24. The molecule has 190 valence electrons. The predicted molar refractivity (Wildman–Crippen MR) is 146 cm³/mol. The van der Waals surface area contributed by atoms with Gasteiger partial charge in [0.15, 0.2) is 5.82 Å². The van der Waals surface area contributed by atoms with Crippen LogP contribution in [0, 0.1) is 0 Å². The highest BCUT2D eigenvalue weighted by molar-refractivity contribution is 9.10. The maximum absolute atomic E-state index is 13.0. The molecule has 0 fully saturated rings. The van der Waals surface area contributed by atoms with Crippen molar-refractivity contribution in [2.75, 3.05) is 16.0 Å². The van der Waals surface area contributed by atoms with Crippen LogP contribution in [0.25, 0.3) is 0 Å². The van der Waals surface area contributed by atoms with Gasteiger partial charge in [0.05, 0.1) is 6.54 Å². The average molecular weight is 564 g/mol. The molecule has 2 aromatic carbocycles. The fourth-order valence-electron chi connectivity index (χ4n) is 3.46. The maximum Gasteiger partial charge on any atom is 0.324 e. The van der Waals surface area contributed by atoms with Gasteiger partial charge in [0.1, 0.15) is 11.3 Å². The van der Waals surface area contributed by atoms with Gasteiger partial charge in [-0.2, -0.15) is 0 Å². The minimum Gasteiger partial charge on any atom is -0.359 e. The highest BCUT2D eigenvalue weighted by atomic mass is 79.9. The first kappa shape index (κ1) is 25.9. The van der Waals surface area contributed by atoms with Gasteiger partial charge in [-0.15, -0.1) is 0 Å². The smallest absolute Gasteiger partial charge is 0.324 e. The van der Waals surface area contributed by atoms with Crippen molar-refractivity contribution in [2.24, 2.45) is 0 Å². The van der Waals surface area contributed by atoms with Crippen LogP contribution in [0.5, 0.6) is 0 Å². The summed E-state index contributed by atoms with van der Waals surface area (Å²) >= 11 is 3.38. The Balaban J connectivity index is 1.39. The van der Waals surface area contributed by atoms with Gasteiger partial charge in [-0.3, -0.25) is 14.9 Å². The van der Waals surface area contributed by atoms with Crippen molar-refractivity contribution in [3.63, 3.8) is 0 Å². The van der Waals surface area contributed by atoms with Crippen molar-refractivity contribution in [1.82, 2.24) is 9.72 Å². The summed E-state index contributed by atoms with van der Waals surface area (Å²) in [6.45, 7) is 6.28. The largest absolute Gasteiger partial charge is 0.359 e. The Morgan fingerprint density at radius 2 is 1.59 bits per heavy atom. The van der Waals surface area contributed by atoms with Gasteiger partial charge >= 0.3 is 6.03 Å². The Labute approximate surface area is 222 Å². The molecule has 0 aliphatic rings. The third-order valence-corrected chi connectivity index (χ3v) is 5.82. The second-order valence-corrected chi connectivity index (χ2v) is 10.3. The molecule has 0 spiro atoms. The molecule has 37 heavy (non-hydrogen) atoms. The zero-order valence-corrected chi connectivity index (χ0v) is 22.1. The predicted octanol–water partition coefficient (Wildman–Crippen LogP) is 5.84. The van der Waals surface area contributed by atoms with Gasteiger partial charge in [-0.25, -0.2) is 4.79 Å². The first-order valence-electron chi connectivity index (χ1n) is 11.5. The van der Waals surface area contributed by atoms with Crippen molar-refractivity contribution in [3.05, 3.63) is 105 Å². The number of pyridine rings is 1. The van der Waals surface area contributed by atoms with Crippen molar-refractivity contribution in [1.29, 1.82) is 0 Å². The van der Waals surface area contributed by atoms with Crippen LogP contribution in [0.1, 0.15) is 42.5 Å². The van der Waals surface area contributed by atoms with E-state index in [1.54, 1.807) is 36.5 Å². The number of anilines is 3. The molecule has 0 aliphatic carbocycles. The minimum atomic E-state index is -0.535. The highest BCUT2D eigenvalue weighted by Gasteiger charge is 2.20. The normalized spacial score (nSPS) is 11.1. The van der Waals surface area contributed by atoms with E-state index in [2.05, 4.69) is 37.0 Å². The molecule has 0 atom stereocenters. The number of rotatable bonds is 6. The zero-order chi connectivity index (χ0) is 26.6. The third-order valence-electron chi connectivity index (χ3n) is 5.38. The number of hydrogen-bond donors (Lipinski definition) is 3. The van der Waals surface area contributed by atoms with Crippen LogP contribution in [-0.4, -0.2) is 21.7 Å². The quantitative estimate of drug-likeness (QED) is 0.272. The van der Waals surface area contributed by atoms with Gasteiger partial charge in [-0.05, 0) is 51.8 Å². The topological polar surface area (TPSA) is 118 Å². The van der Waals surface area contributed by atoms with E-state index in [1.165, 1.54) is 10.6 Å². The minimum absolute atomic E-state index is 0.00845. The van der Waals surface area contributed by atoms with Crippen LogP contribution in [0.2, 0.25) is 0 Å². The second-order valence-electron chi connectivity index (χ2n) is 9.43. The van der Waals surface area contributed by atoms with E-state index in [4.69, 9.17) is 4.52 Å². The van der Waals surface area contributed by atoms with Gasteiger partial charge in [-0.1, -0.05) is 56.3 Å². The number of halogens is 1. The molecule has 3 N–H and O–H groups in total. The third kappa shape index (κ3) is 6.73. The molecule has 0 saturated heterocycles. The van der Waals surface area contributed by atoms with E-state index in [9.17, 15) is 14.4 Å². The van der Waals surface area contributed by atoms with E-state index in [1.807, 2.05) is 51.1 Å². The number of urea groups is 1. The van der Waals surface area contributed by atoms with Crippen molar-refractivity contribution < 1.29 is 14.1 Å². The van der Waals surface area contributed by atoms with Crippen molar-refractivity contribution in [3.8, 4) is 0 Å². The molecular formula is C27H26BrN5O4. The Kier molecular flexibility index (Phi) is 7.58. The van der Waals surface area contributed by atoms with Crippen LogP contribution in [-0.2, 0) is 12.0 Å². The summed E-state index contributed by atoms with van der Waals surface area (Å²) in [5.41, 5.74) is 1.29. The van der Waals surface area contributed by atoms with E-state index in [0.29, 0.717) is 34.0 Å². The zero-order valence-electron chi connectivity index (χ0n) is 20.5. The summed E-state index contributed by atoms with van der Waals surface area (Å²) in [6, 6.07) is 18.7. The number of carbonyl (C=O) groups is 2.